The lowest BCUT2D eigenvalue weighted by Crippen LogP contribution is -2.42. The van der Waals surface area contributed by atoms with Crippen molar-refractivity contribution in [3.63, 3.8) is 0 Å². The molecule has 1 fully saturated rings. The first-order valence-corrected chi connectivity index (χ1v) is 10.8. The molecule has 0 N–H and O–H groups in total. The number of aryl methyl sites for hydroxylation is 1. The van der Waals surface area contributed by atoms with Crippen molar-refractivity contribution in [3.8, 4) is 0 Å². The molecule has 0 aliphatic carbocycles. The fraction of sp³-hybridized carbons (Fsp3) is 0.682. The van der Waals surface area contributed by atoms with E-state index in [-0.39, 0.29) is 30.1 Å². The van der Waals surface area contributed by atoms with Gasteiger partial charge in [-0.1, -0.05) is 13.8 Å². The number of hydrogen-bond donors (Lipinski definition) is 0. The van der Waals surface area contributed by atoms with Crippen LogP contribution in [-0.4, -0.2) is 70.3 Å². The molecule has 8 heteroatoms. The summed E-state index contributed by atoms with van der Waals surface area (Å²) in [5, 5.41) is 0. The van der Waals surface area contributed by atoms with E-state index < -0.39 is 0 Å². The van der Waals surface area contributed by atoms with E-state index in [1.807, 2.05) is 6.92 Å². The van der Waals surface area contributed by atoms with Crippen LogP contribution in [0.1, 0.15) is 62.6 Å². The predicted octanol–water partition coefficient (Wildman–Crippen LogP) is 2.47. The van der Waals surface area contributed by atoms with E-state index in [4.69, 9.17) is 4.74 Å². The first-order valence-electron chi connectivity index (χ1n) is 10.8. The van der Waals surface area contributed by atoms with Crippen LogP contribution < -0.4 is 0 Å². The average molecular weight is 419 g/mol. The van der Waals surface area contributed by atoms with Gasteiger partial charge in [0.15, 0.2) is 0 Å². The van der Waals surface area contributed by atoms with Gasteiger partial charge in [-0.3, -0.25) is 19.4 Å². The third kappa shape index (κ3) is 7.07. The van der Waals surface area contributed by atoms with Crippen molar-refractivity contribution in [2.75, 3.05) is 32.8 Å². The summed E-state index contributed by atoms with van der Waals surface area (Å²) >= 11 is 0. The number of carbonyl (C=O) groups is 3. The maximum absolute atomic E-state index is 12.9. The molecule has 1 aliphatic rings. The van der Waals surface area contributed by atoms with Gasteiger partial charge in [-0.2, -0.15) is 0 Å². The Morgan fingerprint density at radius 3 is 2.43 bits per heavy atom. The lowest BCUT2D eigenvalue weighted by Gasteiger charge is -2.31. The van der Waals surface area contributed by atoms with E-state index in [0.29, 0.717) is 57.2 Å². The molecule has 8 nitrogen and oxygen atoms in total. The van der Waals surface area contributed by atoms with E-state index in [9.17, 15) is 14.4 Å². The Kier molecular flexibility index (Phi) is 9.20. The summed E-state index contributed by atoms with van der Waals surface area (Å²) in [4.78, 5) is 49.3. The number of aromatic nitrogens is 2. The fourth-order valence-corrected chi connectivity index (χ4v) is 3.41. The maximum atomic E-state index is 12.9. The smallest absolute Gasteiger partial charge is 0.309 e. The SMILES string of the molecule is CCOC(=O)C1CCN(C(=O)CCN(CCC(C)C)C(=O)c2cnc(C)cn2)CC1. The van der Waals surface area contributed by atoms with Gasteiger partial charge in [0.25, 0.3) is 5.91 Å². The average Bonchev–Trinajstić information content (AvgIpc) is 2.73. The molecule has 2 amide bonds. The third-order valence-electron chi connectivity index (χ3n) is 5.33. The van der Waals surface area contributed by atoms with Crippen LogP contribution in [0.3, 0.4) is 0 Å². The van der Waals surface area contributed by atoms with Gasteiger partial charge in [0.05, 0.1) is 24.4 Å². The Hall–Kier alpha value is -2.51. The van der Waals surface area contributed by atoms with Crippen molar-refractivity contribution in [3.05, 3.63) is 23.8 Å². The monoisotopic (exact) mass is 418 g/mol. The minimum Gasteiger partial charge on any atom is -0.466 e. The minimum atomic E-state index is -0.197. The number of rotatable bonds is 9. The molecule has 0 atom stereocenters. The van der Waals surface area contributed by atoms with E-state index in [1.165, 1.54) is 6.20 Å². The second-order valence-electron chi connectivity index (χ2n) is 8.17. The molecular weight excluding hydrogens is 384 g/mol. The van der Waals surface area contributed by atoms with Gasteiger partial charge >= 0.3 is 5.97 Å². The molecule has 1 aromatic heterocycles. The van der Waals surface area contributed by atoms with Crippen LogP contribution in [0.15, 0.2) is 12.4 Å². The van der Waals surface area contributed by atoms with Gasteiger partial charge in [0.1, 0.15) is 5.69 Å². The summed E-state index contributed by atoms with van der Waals surface area (Å²) in [6, 6.07) is 0. The normalized spacial score (nSPS) is 14.6. The zero-order chi connectivity index (χ0) is 22.1. The maximum Gasteiger partial charge on any atom is 0.309 e. The van der Waals surface area contributed by atoms with E-state index in [2.05, 4.69) is 23.8 Å². The molecule has 1 aromatic rings. The highest BCUT2D eigenvalue weighted by atomic mass is 16.5. The summed E-state index contributed by atoms with van der Waals surface area (Å²) in [5.74, 6) is -0.0406. The molecule has 2 rings (SSSR count). The topological polar surface area (TPSA) is 92.7 Å². The van der Waals surface area contributed by atoms with Gasteiger partial charge in [0, 0.05) is 38.8 Å². The highest BCUT2D eigenvalue weighted by Crippen LogP contribution is 2.19. The fourth-order valence-electron chi connectivity index (χ4n) is 3.41. The quantitative estimate of drug-likeness (QED) is 0.572. The second-order valence-corrected chi connectivity index (χ2v) is 8.17. The highest BCUT2D eigenvalue weighted by molar-refractivity contribution is 5.92. The highest BCUT2D eigenvalue weighted by Gasteiger charge is 2.28. The summed E-state index contributed by atoms with van der Waals surface area (Å²) in [6.45, 7) is 10.2. The van der Waals surface area contributed by atoms with Crippen LogP contribution in [0.5, 0.6) is 0 Å². The van der Waals surface area contributed by atoms with Crippen molar-refractivity contribution in [1.82, 2.24) is 19.8 Å². The van der Waals surface area contributed by atoms with Gasteiger partial charge in [-0.05, 0) is 39.0 Å². The van der Waals surface area contributed by atoms with Gasteiger partial charge in [-0.15, -0.1) is 0 Å². The van der Waals surface area contributed by atoms with E-state index in [1.54, 1.807) is 22.9 Å². The van der Waals surface area contributed by atoms with Crippen LogP contribution in [0.4, 0.5) is 0 Å². The molecule has 1 saturated heterocycles. The molecule has 30 heavy (non-hydrogen) atoms. The number of nitrogens with zero attached hydrogens (tertiary/aromatic N) is 4. The minimum absolute atomic E-state index is 0.00893. The molecule has 0 unspecified atom stereocenters. The molecule has 0 bridgehead atoms. The molecule has 0 saturated carbocycles. The van der Waals surface area contributed by atoms with Crippen LogP contribution in [0, 0.1) is 18.8 Å². The lowest BCUT2D eigenvalue weighted by atomic mass is 9.97. The molecule has 0 radical (unpaired) electrons. The van der Waals surface area contributed by atoms with Crippen molar-refractivity contribution >= 4 is 17.8 Å². The Bertz CT molecular complexity index is 712. The summed E-state index contributed by atoms with van der Waals surface area (Å²) in [5.41, 5.74) is 1.05. The van der Waals surface area contributed by atoms with Crippen LogP contribution in [0.2, 0.25) is 0 Å². The number of ether oxygens (including phenoxy) is 1. The molecular formula is C22H34N4O4. The van der Waals surface area contributed by atoms with Gasteiger partial charge in [0.2, 0.25) is 5.91 Å². The van der Waals surface area contributed by atoms with Crippen molar-refractivity contribution in [1.29, 1.82) is 0 Å². The number of piperidine rings is 1. The standard InChI is InChI=1S/C22H34N4O4/c1-5-30-22(29)18-7-11-25(12-8-18)20(27)9-13-26(10-6-16(2)3)21(28)19-15-23-17(4)14-24-19/h14-16,18H,5-13H2,1-4H3. The zero-order valence-electron chi connectivity index (χ0n) is 18.6. The number of amides is 2. The number of esters is 1. The van der Waals surface area contributed by atoms with Gasteiger partial charge < -0.3 is 14.5 Å². The summed E-state index contributed by atoms with van der Waals surface area (Å²) in [7, 11) is 0. The molecule has 2 heterocycles. The van der Waals surface area contributed by atoms with Crippen LogP contribution >= 0.6 is 0 Å². The first-order chi connectivity index (χ1) is 14.3. The largest absolute Gasteiger partial charge is 0.466 e. The second kappa shape index (κ2) is 11.6. The predicted molar refractivity (Wildman–Crippen MR) is 113 cm³/mol. The van der Waals surface area contributed by atoms with Gasteiger partial charge in [-0.25, -0.2) is 4.98 Å². The van der Waals surface area contributed by atoms with E-state index in [0.717, 1.165) is 12.1 Å². The Balaban J connectivity index is 1.91. The van der Waals surface area contributed by atoms with Crippen LogP contribution in [-0.2, 0) is 14.3 Å². The van der Waals surface area contributed by atoms with Crippen molar-refractivity contribution in [2.45, 2.75) is 53.4 Å². The summed E-state index contributed by atoms with van der Waals surface area (Å²) in [6.07, 6.45) is 5.42. The van der Waals surface area contributed by atoms with Crippen molar-refractivity contribution < 1.29 is 19.1 Å². The van der Waals surface area contributed by atoms with Crippen LogP contribution in [0.25, 0.3) is 0 Å². The number of hydrogen-bond acceptors (Lipinski definition) is 6. The molecule has 1 aliphatic heterocycles. The van der Waals surface area contributed by atoms with E-state index >= 15 is 0 Å². The lowest BCUT2D eigenvalue weighted by molar-refractivity contribution is -0.151. The Labute approximate surface area is 179 Å². The van der Waals surface area contributed by atoms with Crippen molar-refractivity contribution in [2.24, 2.45) is 11.8 Å². The zero-order valence-corrected chi connectivity index (χ0v) is 18.6. The Morgan fingerprint density at radius 2 is 1.87 bits per heavy atom. The molecule has 0 aromatic carbocycles. The third-order valence-corrected chi connectivity index (χ3v) is 5.33. The summed E-state index contributed by atoms with van der Waals surface area (Å²) < 4.78 is 5.08. The number of likely N-dealkylation sites (tertiary alicyclic amines) is 1. The molecule has 0 spiro atoms. The first kappa shape index (κ1) is 23.8. The molecule has 166 valence electrons. The number of carbonyl (C=O) groups excluding carboxylic acids is 3. The Morgan fingerprint density at radius 1 is 1.17 bits per heavy atom.